The third-order valence-electron chi connectivity index (χ3n) is 3.65. The van der Waals surface area contributed by atoms with Gasteiger partial charge in [0.2, 0.25) is 0 Å². The van der Waals surface area contributed by atoms with Crippen LogP contribution in [0.3, 0.4) is 0 Å². The summed E-state index contributed by atoms with van der Waals surface area (Å²) in [4.78, 5) is 15.0. The first-order valence-corrected chi connectivity index (χ1v) is 8.51. The molecule has 3 N–H and O–H groups in total. The summed E-state index contributed by atoms with van der Waals surface area (Å²) in [6.07, 6.45) is 3.36. The van der Waals surface area contributed by atoms with Gasteiger partial charge in [0.15, 0.2) is 0 Å². The number of nitrogens with one attached hydrogen (secondary N) is 1. The van der Waals surface area contributed by atoms with E-state index in [1.165, 1.54) is 11.3 Å². The fraction of sp³-hybridized carbons (Fsp3) is 0.667. The van der Waals surface area contributed by atoms with Gasteiger partial charge in [-0.25, -0.2) is 0 Å². The molecule has 2 heterocycles. The lowest BCUT2D eigenvalue weighted by atomic mass is 10.1. The van der Waals surface area contributed by atoms with E-state index in [-0.39, 0.29) is 5.91 Å². The van der Waals surface area contributed by atoms with Gasteiger partial charge in [-0.1, -0.05) is 6.92 Å². The fourth-order valence-corrected chi connectivity index (χ4v) is 3.57. The number of thiophene rings is 1. The number of nitrogens with zero attached hydrogens (tertiary/aromatic N) is 1. The number of hydrogen-bond acceptors (Lipinski definition) is 5. The molecule has 0 aromatic carbocycles. The predicted octanol–water partition coefficient (Wildman–Crippen LogP) is 2.48. The van der Waals surface area contributed by atoms with Crippen molar-refractivity contribution in [3.63, 3.8) is 0 Å². The summed E-state index contributed by atoms with van der Waals surface area (Å²) < 4.78 is 5.67. The van der Waals surface area contributed by atoms with E-state index in [0.29, 0.717) is 23.2 Å². The van der Waals surface area contributed by atoms with E-state index in [1.54, 1.807) is 0 Å². The Morgan fingerprint density at radius 2 is 2.19 bits per heavy atom. The number of rotatable bonds is 6. The van der Waals surface area contributed by atoms with Crippen molar-refractivity contribution in [2.45, 2.75) is 39.2 Å². The average Bonchev–Trinajstić information content (AvgIpc) is 2.88. The summed E-state index contributed by atoms with van der Waals surface area (Å²) in [6.45, 7) is 7.45. The number of piperidine rings is 1. The van der Waals surface area contributed by atoms with E-state index in [9.17, 15) is 4.79 Å². The summed E-state index contributed by atoms with van der Waals surface area (Å²) in [6, 6.07) is 1.92. The van der Waals surface area contributed by atoms with Crippen LogP contribution >= 0.6 is 11.3 Å². The summed E-state index contributed by atoms with van der Waals surface area (Å²) in [5.41, 5.74) is 6.57. The van der Waals surface area contributed by atoms with Crippen LogP contribution in [0.1, 0.15) is 42.8 Å². The summed E-state index contributed by atoms with van der Waals surface area (Å²) in [7, 11) is 0. The number of anilines is 2. The van der Waals surface area contributed by atoms with Crippen LogP contribution in [0.15, 0.2) is 6.07 Å². The standard InChI is InChI=1S/C15H25N3O2S/c1-3-7-17-15(19)14-12(16)10-13(21-14)18-8-5-11(6-9-18)20-4-2/h10-11H,3-9,16H2,1-2H3,(H,17,19). The minimum atomic E-state index is -0.0604. The van der Waals surface area contributed by atoms with Gasteiger partial charge in [-0.2, -0.15) is 0 Å². The molecular formula is C15H25N3O2S. The zero-order chi connectivity index (χ0) is 15.2. The molecule has 0 spiro atoms. The van der Waals surface area contributed by atoms with E-state index in [4.69, 9.17) is 10.5 Å². The maximum absolute atomic E-state index is 12.0. The normalized spacial score (nSPS) is 16.2. The van der Waals surface area contributed by atoms with Crippen molar-refractivity contribution in [3.05, 3.63) is 10.9 Å². The first kappa shape index (κ1) is 16.1. The molecule has 6 heteroatoms. The van der Waals surface area contributed by atoms with Gasteiger partial charge in [0.05, 0.1) is 16.8 Å². The van der Waals surface area contributed by atoms with Crippen LogP contribution in [-0.4, -0.2) is 38.3 Å². The molecule has 1 aliphatic heterocycles. The second-order valence-electron chi connectivity index (χ2n) is 5.27. The zero-order valence-corrected chi connectivity index (χ0v) is 13.7. The predicted molar refractivity (Wildman–Crippen MR) is 88.2 cm³/mol. The highest BCUT2D eigenvalue weighted by Gasteiger charge is 2.23. The number of ether oxygens (including phenoxy) is 1. The van der Waals surface area contributed by atoms with Crippen molar-refractivity contribution in [2.75, 3.05) is 36.9 Å². The van der Waals surface area contributed by atoms with Crippen LogP contribution in [0, 0.1) is 0 Å². The number of hydrogen-bond donors (Lipinski definition) is 2. The first-order valence-electron chi connectivity index (χ1n) is 7.69. The van der Waals surface area contributed by atoms with E-state index >= 15 is 0 Å². The van der Waals surface area contributed by atoms with Gasteiger partial charge in [0, 0.05) is 26.2 Å². The highest BCUT2D eigenvalue weighted by atomic mass is 32.1. The third kappa shape index (κ3) is 4.11. The molecule has 0 bridgehead atoms. The lowest BCUT2D eigenvalue weighted by Gasteiger charge is -2.32. The lowest BCUT2D eigenvalue weighted by molar-refractivity contribution is 0.0460. The quantitative estimate of drug-likeness (QED) is 0.847. The van der Waals surface area contributed by atoms with Crippen molar-refractivity contribution < 1.29 is 9.53 Å². The Labute approximate surface area is 130 Å². The number of amides is 1. The average molecular weight is 311 g/mol. The molecule has 1 aromatic heterocycles. The first-order chi connectivity index (χ1) is 10.2. The van der Waals surface area contributed by atoms with Crippen molar-refractivity contribution >= 4 is 27.9 Å². The maximum atomic E-state index is 12.0. The fourth-order valence-electron chi connectivity index (χ4n) is 2.52. The highest BCUT2D eigenvalue weighted by Crippen LogP contribution is 2.34. The number of nitrogens with two attached hydrogens (primary N) is 1. The SMILES string of the molecule is CCCNC(=O)c1sc(N2CCC(OCC)CC2)cc1N. The molecule has 1 fully saturated rings. The van der Waals surface area contributed by atoms with Gasteiger partial charge in [-0.3, -0.25) is 4.79 Å². The summed E-state index contributed by atoms with van der Waals surface area (Å²) in [5, 5.41) is 3.97. The molecule has 1 saturated heterocycles. The molecule has 0 aliphatic carbocycles. The van der Waals surface area contributed by atoms with E-state index < -0.39 is 0 Å². The van der Waals surface area contributed by atoms with Crippen LogP contribution in [0.4, 0.5) is 10.7 Å². The van der Waals surface area contributed by atoms with E-state index in [1.807, 2.05) is 19.9 Å². The Morgan fingerprint density at radius 3 is 2.81 bits per heavy atom. The smallest absolute Gasteiger partial charge is 0.263 e. The van der Waals surface area contributed by atoms with Crippen LogP contribution in [0.2, 0.25) is 0 Å². The van der Waals surface area contributed by atoms with Crippen molar-refractivity contribution in [1.29, 1.82) is 0 Å². The van der Waals surface area contributed by atoms with Gasteiger partial charge in [-0.05, 0) is 32.3 Å². The largest absolute Gasteiger partial charge is 0.397 e. The molecule has 5 nitrogen and oxygen atoms in total. The van der Waals surface area contributed by atoms with Gasteiger partial charge in [-0.15, -0.1) is 11.3 Å². The van der Waals surface area contributed by atoms with Crippen molar-refractivity contribution in [2.24, 2.45) is 0 Å². The van der Waals surface area contributed by atoms with E-state index in [2.05, 4.69) is 10.2 Å². The Morgan fingerprint density at radius 1 is 1.48 bits per heavy atom. The Hall–Kier alpha value is -1.27. The molecule has 1 aromatic rings. The summed E-state index contributed by atoms with van der Waals surface area (Å²) in [5.74, 6) is -0.0604. The van der Waals surface area contributed by atoms with E-state index in [0.717, 1.165) is 44.0 Å². The molecule has 0 atom stereocenters. The molecule has 1 aliphatic rings. The van der Waals surface area contributed by atoms with Crippen LogP contribution < -0.4 is 16.0 Å². The molecule has 2 rings (SSSR count). The van der Waals surface area contributed by atoms with Crippen LogP contribution in [0.25, 0.3) is 0 Å². The Bertz CT molecular complexity index is 467. The molecule has 0 unspecified atom stereocenters. The van der Waals surface area contributed by atoms with Crippen molar-refractivity contribution in [1.82, 2.24) is 5.32 Å². The molecule has 0 saturated carbocycles. The molecule has 21 heavy (non-hydrogen) atoms. The minimum absolute atomic E-state index is 0.0604. The lowest BCUT2D eigenvalue weighted by Crippen LogP contribution is -2.36. The highest BCUT2D eigenvalue weighted by molar-refractivity contribution is 7.18. The van der Waals surface area contributed by atoms with Gasteiger partial charge in [0.1, 0.15) is 4.88 Å². The van der Waals surface area contributed by atoms with Gasteiger partial charge < -0.3 is 20.7 Å². The molecule has 1 amide bonds. The van der Waals surface area contributed by atoms with Crippen molar-refractivity contribution in [3.8, 4) is 0 Å². The summed E-state index contributed by atoms with van der Waals surface area (Å²) >= 11 is 1.49. The van der Waals surface area contributed by atoms with Gasteiger partial charge >= 0.3 is 0 Å². The van der Waals surface area contributed by atoms with Crippen LogP contribution in [0.5, 0.6) is 0 Å². The molecule has 118 valence electrons. The number of carbonyl (C=O) groups is 1. The molecular weight excluding hydrogens is 286 g/mol. The second-order valence-corrected chi connectivity index (χ2v) is 6.30. The number of carbonyl (C=O) groups excluding carboxylic acids is 1. The molecule has 0 radical (unpaired) electrons. The van der Waals surface area contributed by atoms with Gasteiger partial charge in [0.25, 0.3) is 5.91 Å². The monoisotopic (exact) mass is 311 g/mol. The minimum Gasteiger partial charge on any atom is -0.397 e. The van der Waals surface area contributed by atoms with Crippen LogP contribution in [-0.2, 0) is 4.74 Å². The number of nitrogen functional groups attached to an aromatic ring is 1. The Kier molecular flexibility index (Phi) is 5.87. The third-order valence-corrected chi connectivity index (χ3v) is 4.86. The second kappa shape index (κ2) is 7.66. The maximum Gasteiger partial charge on any atom is 0.263 e. The Balaban J connectivity index is 1.97. The topological polar surface area (TPSA) is 67.6 Å². The zero-order valence-electron chi connectivity index (χ0n) is 12.9.